The zero-order valence-electron chi connectivity index (χ0n) is 10.6. The molecule has 1 aromatic heterocycles. The Morgan fingerprint density at radius 2 is 2.16 bits per heavy atom. The van der Waals surface area contributed by atoms with E-state index in [1.165, 1.54) is 6.42 Å². The van der Waals surface area contributed by atoms with Gasteiger partial charge in [0.25, 0.3) is 5.91 Å². The highest BCUT2D eigenvalue weighted by atomic mass is 16.1. The van der Waals surface area contributed by atoms with Gasteiger partial charge in [-0.15, -0.1) is 0 Å². The van der Waals surface area contributed by atoms with Gasteiger partial charge in [-0.05, 0) is 37.6 Å². The van der Waals surface area contributed by atoms with Gasteiger partial charge < -0.3 is 10.6 Å². The molecule has 2 aromatic rings. The Morgan fingerprint density at radius 3 is 2.95 bits per heavy atom. The van der Waals surface area contributed by atoms with Crippen molar-refractivity contribution >= 4 is 16.9 Å². The number of hydrogen-bond donors (Lipinski definition) is 2. The predicted octanol–water partition coefficient (Wildman–Crippen LogP) is 1.11. The number of fused-ring (bicyclic) bond motifs is 1. The lowest BCUT2D eigenvalue weighted by atomic mass is 10.1. The second-order valence-corrected chi connectivity index (χ2v) is 4.76. The topological polar surface area (TPSA) is 66.9 Å². The molecule has 98 valence electrons. The van der Waals surface area contributed by atoms with Crippen molar-refractivity contribution in [3.05, 3.63) is 36.2 Å². The number of aromatic nitrogens is 2. The van der Waals surface area contributed by atoms with Crippen molar-refractivity contribution in [1.82, 2.24) is 20.6 Å². The Morgan fingerprint density at radius 1 is 1.32 bits per heavy atom. The Kier molecular flexibility index (Phi) is 3.37. The van der Waals surface area contributed by atoms with Crippen molar-refractivity contribution in [3.63, 3.8) is 0 Å². The highest BCUT2D eigenvalue weighted by Gasteiger charge is 2.15. The van der Waals surface area contributed by atoms with Crippen molar-refractivity contribution < 1.29 is 4.79 Å². The van der Waals surface area contributed by atoms with E-state index in [1.807, 2.05) is 6.07 Å². The molecule has 5 heteroatoms. The first-order valence-corrected chi connectivity index (χ1v) is 6.55. The van der Waals surface area contributed by atoms with E-state index in [0.29, 0.717) is 18.2 Å². The largest absolute Gasteiger partial charge is 0.350 e. The summed E-state index contributed by atoms with van der Waals surface area (Å²) >= 11 is 0. The van der Waals surface area contributed by atoms with Gasteiger partial charge in [-0.1, -0.05) is 0 Å². The van der Waals surface area contributed by atoms with Gasteiger partial charge in [0.2, 0.25) is 0 Å². The number of amides is 1. The molecule has 1 amide bonds. The van der Waals surface area contributed by atoms with Crippen molar-refractivity contribution in [2.24, 2.45) is 0 Å². The van der Waals surface area contributed by atoms with Gasteiger partial charge in [-0.3, -0.25) is 14.8 Å². The highest BCUT2D eigenvalue weighted by Crippen LogP contribution is 2.11. The predicted molar refractivity (Wildman–Crippen MR) is 72.9 cm³/mol. The van der Waals surface area contributed by atoms with Crippen LogP contribution in [0.3, 0.4) is 0 Å². The summed E-state index contributed by atoms with van der Waals surface area (Å²) in [5.74, 6) is -0.0544. The number of hydrogen-bond acceptors (Lipinski definition) is 4. The van der Waals surface area contributed by atoms with E-state index in [4.69, 9.17) is 0 Å². The first-order valence-electron chi connectivity index (χ1n) is 6.55. The molecular weight excluding hydrogens is 240 g/mol. The lowest BCUT2D eigenvalue weighted by Crippen LogP contribution is -2.37. The van der Waals surface area contributed by atoms with Crippen LogP contribution in [0.1, 0.15) is 23.2 Å². The van der Waals surface area contributed by atoms with Crippen LogP contribution in [-0.2, 0) is 0 Å². The molecular formula is C14H16N4O. The molecule has 0 spiro atoms. The Balaban J connectivity index is 1.70. The SMILES string of the molecule is O=C(NCC1CCCN1)c1ccc2nccnc2c1. The number of nitrogens with zero attached hydrogens (tertiary/aromatic N) is 2. The van der Waals surface area contributed by atoms with Crippen LogP contribution >= 0.6 is 0 Å². The van der Waals surface area contributed by atoms with Crippen LogP contribution in [0.2, 0.25) is 0 Å². The van der Waals surface area contributed by atoms with Crippen molar-refractivity contribution in [3.8, 4) is 0 Å². The molecule has 1 aliphatic rings. The second kappa shape index (κ2) is 5.32. The average Bonchev–Trinajstić information content (AvgIpc) is 2.97. The van der Waals surface area contributed by atoms with Crippen LogP contribution in [0.4, 0.5) is 0 Å². The molecule has 1 saturated heterocycles. The summed E-state index contributed by atoms with van der Waals surface area (Å²) < 4.78 is 0. The molecule has 3 rings (SSSR count). The zero-order valence-corrected chi connectivity index (χ0v) is 10.6. The van der Waals surface area contributed by atoms with E-state index in [-0.39, 0.29) is 5.91 Å². The third kappa shape index (κ3) is 2.71. The van der Waals surface area contributed by atoms with Crippen LogP contribution in [0, 0.1) is 0 Å². The summed E-state index contributed by atoms with van der Waals surface area (Å²) in [6.07, 6.45) is 5.59. The van der Waals surface area contributed by atoms with E-state index in [9.17, 15) is 4.79 Å². The third-order valence-corrected chi connectivity index (χ3v) is 3.40. The first-order chi connectivity index (χ1) is 9.33. The second-order valence-electron chi connectivity index (χ2n) is 4.76. The maximum Gasteiger partial charge on any atom is 0.251 e. The minimum atomic E-state index is -0.0544. The fourth-order valence-corrected chi connectivity index (χ4v) is 2.35. The molecule has 2 heterocycles. The van der Waals surface area contributed by atoms with Gasteiger partial charge in [0, 0.05) is 30.5 Å². The smallest absolute Gasteiger partial charge is 0.251 e. The third-order valence-electron chi connectivity index (χ3n) is 3.40. The maximum absolute atomic E-state index is 12.1. The van der Waals surface area contributed by atoms with Crippen LogP contribution in [-0.4, -0.2) is 35.0 Å². The minimum Gasteiger partial charge on any atom is -0.350 e. The number of rotatable bonds is 3. The summed E-state index contributed by atoms with van der Waals surface area (Å²) in [7, 11) is 0. The molecule has 0 aliphatic carbocycles. The molecule has 1 aliphatic heterocycles. The molecule has 1 atom stereocenters. The highest BCUT2D eigenvalue weighted by molar-refractivity contribution is 5.97. The number of nitrogens with one attached hydrogen (secondary N) is 2. The fourth-order valence-electron chi connectivity index (χ4n) is 2.35. The van der Waals surface area contributed by atoms with E-state index in [2.05, 4.69) is 20.6 Å². The summed E-state index contributed by atoms with van der Waals surface area (Å²) in [6, 6.07) is 5.79. The fraction of sp³-hybridized carbons (Fsp3) is 0.357. The van der Waals surface area contributed by atoms with Gasteiger partial charge in [0.05, 0.1) is 11.0 Å². The molecule has 2 N–H and O–H groups in total. The Bertz CT molecular complexity index is 593. The Labute approximate surface area is 111 Å². The molecule has 0 radical (unpaired) electrons. The lowest BCUT2D eigenvalue weighted by molar-refractivity contribution is 0.0950. The van der Waals surface area contributed by atoms with E-state index < -0.39 is 0 Å². The standard InChI is InChI=1S/C14H16N4O/c19-14(18-9-11-2-1-5-15-11)10-3-4-12-13(8-10)17-7-6-16-12/h3-4,6-8,11,15H,1-2,5,9H2,(H,18,19). The molecule has 0 bridgehead atoms. The quantitative estimate of drug-likeness (QED) is 0.863. The van der Waals surface area contributed by atoms with Gasteiger partial charge in [-0.25, -0.2) is 0 Å². The van der Waals surface area contributed by atoms with Crippen LogP contribution in [0.15, 0.2) is 30.6 Å². The average molecular weight is 256 g/mol. The van der Waals surface area contributed by atoms with Gasteiger partial charge in [-0.2, -0.15) is 0 Å². The van der Waals surface area contributed by atoms with E-state index in [0.717, 1.165) is 24.0 Å². The van der Waals surface area contributed by atoms with Crippen molar-refractivity contribution in [2.75, 3.05) is 13.1 Å². The van der Waals surface area contributed by atoms with E-state index >= 15 is 0 Å². The van der Waals surface area contributed by atoms with Crippen molar-refractivity contribution in [1.29, 1.82) is 0 Å². The van der Waals surface area contributed by atoms with Gasteiger partial charge in [0.15, 0.2) is 0 Å². The van der Waals surface area contributed by atoms with Gasteiger partial charge in [0.1, 0.15) is 0 Å². The van der Waals surface area contributed by atoms with Crippen LogP contribution in [0.5, 0.6) is 0 Å². The molecule has 0 saturated carbocycles. The van der Waals surface area contributed by atoms with Crippen molar-refractivity contribution in [2.45, 2.75) is 18.9 Å². The zero-order chi connectivity index (χ0) is 13.1. The summed E-state index contributed by atoms with van der Waals surface area (Å²) in [6.45, 7) is 1.73. The Hall–Kier alpha value is -2.01. The summed E-state index contributed by atoms with van der Waals surface area (Å²) in [5, 5.41) is 6.31. The lowest BCUT2D eigenvalue weighted by Gasteiger charge is -2.11. The maximum atomic E-state index is 12.1. The molecule has 1 fully saturated rings. The minimum absolute atomic E-state index is 0.0544. The first kappa shape index (κ1) is 12.0. The van der Waals surface area contributed by atoms with Gasteiger partial charge >= 0.3 is 0 Å². The normalized spacial score (nSPS) is 18.6. The molecule has 19 heavy (non-hydrogen) atoms. The monoisotopic (exact) mass is 256 g/mol. The number of carbonyl (C=O) groups excluding carboxylic acids is 1. The van der Waals surface area contributed by atoms with Crippen LogP contribution < -0.4 is 10.6 Å². The molecule has 1 unspecified atom stereocenters. The summed E-state index contributed by atoms with van der Waals surface area (Å²) in [5.41, 5.74) is 2.18. The molecule has 1 aromatic carbocycles. The number of benzene rings is 1. The van der Waals surface area contributed by atoms with Crippen LogP contribution in [0.25, 0.3) is 11.0 Å². The number of carbonyl (C=O) groups is 1. The summed E-state index contributed by atoms with van der Waals surface area (Å²) in [4.78, 5) is 20.5. The molecule has 5 nitrogen and oxygen atoms in total. The van der Waals surface area contributed by atoms with E-state index in [1.54, 1.807) is 24.5 Å².